The molecule has 1 fully saturated rings. The number of aliphatic carboxylic acids is 1. The molecule has 14 heteroatoms. The number of ether oxygens (including phenoxy) is 1. The number of anilines is 1. The maximum atomic E-state index is 13.7. The quantitative estimate of drug-likeness (QED) is 0.211. The zero-order valence-corrected chi connectivity index (χ0v) is 26.5. The van der Waals surface area contributed by atoms with Gasteiger partial charge in [0.05, 0.1) is 36.6 Å². The molecule has 12 nitrogen and oxygen atoms in total. The molecule has 0 bridgehead atoms. The van der Waals surface area contributed by atoms with Crippen LogP contribution in [-0.4, -0.2) is 63.1 Å². The van der Waals surface area contributed by atoms with E-state index in [0.717, 1.165) is 35.7 Å². The Kier molecular flexibility index (Phi) is 9.61. The molecule has 5 rings (SSSR count). The number of hydrogen-bond donors (Lipinski definition) is 2. The number of benzene rings is 1. The van der Waals surface area contributed by atoms with Crippen LogP contribution in [0.15, 0.2) is 47.4 Å². The van der Waals surface area contributed by atoms with Gasteiger partial charge in [0.2, 0.25) is 21.8 Å². The number of thiazole rings is 1. The number of fused-ring (bicyclic) bond motifs is 1. The first-order valence-electron chi connectivity index (χ1n) is 14.5. The minimum Gasteiger partial charge on any atom is -0.481 e. The predicted octanol–water partition coefficient (Wildman–Crippen LogP) is 4.71. The average molecular weight is 641 g/mol. The monoisotopic (exact) mass is 640 g/mol. The van der Waals surface area contributed by atoms with Crippen molar-refractivity contribution in [3.63, 3.8) is 0 Å². The second-order valence-corrected chi connectivity index (χ2v) is 14.0. The molecule has 1 aliphatic carbocycles. The topological polar surface area (TPSA) is 157 Å². The molecule has 3 heterocycles. The number of rotatable bonds is 13. The van der Waals surface area contributed by atoms with Gasteiger partial charge in [0.1, 0.15) is 10.3 Å². The summed E-state index contributed by atoms with van der Waals surface area (Å²) < 4.78 is 35.4. The van der Waals surface area contributed by atoms with Crippen LogP contribution in [-0.2, 0) is 33.2 Å². The summed E-state index contributed by atoms with van der Waals surface area (Å²) in [7, 11) is -0.759. The van der Waals surface area contributed by atoms with Gasteiger partial charge in [0.25, 0.3) is 0 Å². The normalized spacial score (nSPS) is 14.7. The van der Waals surface area contributed by atoms with E-state index in [0.29, 0.717) is 45.0 Å². The third-order valence-electron chi connectivity index (χ3n) is 8.03. The Labute approximate surface area is 260 Å². The highest BCUT2D eigenvalue weighted by molar-refractivity contribution is 7.89. The third kappa shape index (κ3) is 7.25. The molecular formula is C30H36N6O6S2. The summed E-state index contributed by atoms with van der Waals surface area (Å²) in [5.74, 6) is -0.966. The second kappa shape index (κ2) is 13.4. The van der Waals surface area contributed by atoms with E-state index < -0.39 is 21.9 Å². The average Bonchev–Trinajstić information content (AvgIpc) is 3.73. The van der Waals surface area contributed by atoms with Crippen molar-refractivity contribution in [2.45, 2.75) is 62.8 Å². The van der Waals surface area contributed by atoms with Gasteiger partial charge in [-0.1, -0.05) is 49.2 Å². The van der Waals surface area contributed by atoms with Gasteiger partial charge in [-0.25, -0.2) is 18.4 Å². The van der Waals surface area contributed by atoms with Gasteiger partial charge in [-0.05, 0) is 49.1 Å². The Hall–Kier alpha value is -3.88. The molecule has 3 aromatic heterocycles. The fraction of sp³-hybridized carbons (Fsp3) is 0.433. The van der Waals surface area contributed by atoms with Crippen molar-refractivity contribution in [3.05, 3.63) is 59.4 Å². The number of nitrogens with zero attached hydrogens (tertiary/aromatic N) is 5. The molecule has 1 unspecified atom stereocenters. The van der Waals surface area contributed by atoms with Crippen LogP contribution in [0.25, 0.3) is 10.3 Å². The number of carbonyl (C=O) groups is 2. The van der Waals surface area contributed by atoms with Gasteiger partial charge in [-0.2, -0.15) is 9.40 Å². The summed E-state index contributed by atoms with van der Waals surface area (Å²) in [5, 5.41) is 17.0. The first-order valence-corrected chi connectivity index (χ1v) is 16.7. The van der Waals surface area contributed by atoms with Crippen molar-refractivity contribution in [2.24, 2.45) is 13.0 Å². The molecule has 1 atom stereocenters. The van der Waals surface area contributed by atoms with Crippen LogP contribution < -0.4 is 10.1 Å². The van der Waals surface area contributed by atoms with Crippen LogP contribution in [0.5, 0.6) is 5.88 Å². The number of amides is 1. The van der Waals surface area contributed by atoms with Crippen molar-refractivity contribution in [1.82, 2.24) is 24.1 Å². The van der Waals surface area contributed by atoms with Crippen LogP contribution in [0, 0.1) is 12.8 Å². The number of nitrogens with one attached hydrogen (secondary N) is 1. The van der Waals surface area contributed by atoms with Crippen LogP contribution in [0.4, 0.5) is 5.13 Å². The zero-order valence-electron chi connectivity index (χ0n) is 24.9. The fourth-order valence-corrected chi connectivity index (χ4v) is 7.80. The Balaban J connectivity index is 1.39. The van der Waals surface area contributed by atoms with E-state index in [2.05, 4.69) is 20.4 Å². The van der Waals surface area contributed by atoms with Crippen molar-refractivity contribution >= 4 is 48.7 Å². The molecule has 0 radical (unpaired) electrons. The Morgan fingerprint density at radius 3 is 2.52 bits per heavy atom. The summed E-state index contributed by atoms with van der Waals surface area (Å²) >= 11 is 1.26. The molecule has 0 aliphatic heterocycles. The SMILES string of the molecule is COc1ccc2nc(NC(=O)C(CC3CCCC3)c3ccc(S(=O)(=O)N(CCC(=O)O)Cc4cc(C)n(C)n4)cc3)sc2n1. The molecule has 4 aromatic rings. The summed E-state index contributed by atoms with van der Waals surface area (Å²) in [6, 6.07) is 11.6. The molecule has 234 valence electrons. The number of carbonyl (C=O) groups excluding carboxylic acids is 1. The van der Waals surface area contributed by atoms with Crippen molar-refractivity contribution < 1.29 is 27.9 Å². The lowest BCUT2D eigenvalue weighted by Gasteiger charge is -2.22. The standard InChI is InChI=1S/C30H36N6O6S2/c1-19-16-22(34-35(19)2)18-36(15-14-27(37)38)44(40,41)23-10-8-21(9-11-23)24(17-20-6-4-5-7-20)28(39)33-30-31-25-12-13-26(42-3)32-29(25)43-30/h8-13,16,20,24H,4-7,14-15,17-18H2,1-3H3,(H,37,38)(H,31,33,39). The molecule has 1 saturated carbocycles. The molecule has 0 saturated heterocycles. The third-order valence-corrected chi connectivity index (χ3v) is 10.8. The summed E-state index contributed by atoms with van der Waals surface area (Å²) in [5.41, 5.74) is 2.73. The van der Waals surface area contributed by atoms with Gasteiger partial charge < -0.3 is 15.2 Å². The highest BCUT2D eigenvalue weighted by atomic mass is 32.2. The molecule has 2 N–H and O–H groups in total. The number of carboxylic acids is 1. The zero-order chi connectivity index (χ0) is 31.4. The highest BCUT2D eigenvalue weighted by Crippen LogP contribution is 2.36. The van der Waals surface area contributed by atoms with E-state index in [1.807, 2.05) is 6.92 Å². The van der Waals surface area contributed by atoms with Crippen LogP contribution in [0.3, 0.4) is 0 Å². The predicted molar refractivity (Wildman–Crippen MR) is 166 cm³/mol. The van der Waals surface area contributed by atoms with Crippen molar-refractivity contribution in [3.8, 4) is 5.88 Å². The number of pyridine rings is 1. The van der Waals surface area contributed by atoms with Crippen LogP contribution in [0.1, 0.15) is 61.4 Å². The summed E-state index contributed by atoms with van der Waals surface area (Å²) in [6.45, 7) is 1.59. The lowest BCUT2D eigenvalue weighted by atomic mass is 9.87. The lowest BCUT2D eigenvalue weighted by molar-refractivity contribution is -0.137. The lowest BCUT2D eigenvalue weighted by Crippen LogP contribution is -2.33. The summed E-state index contributed by atoms with van der Waals surface area (Å²) in [4.78, 5) is 34.6. The molecule has 0 spiro atoms. The minimum absolute atomic E-state index is 0.0190. The van der Waals surface area contributed by atoms with E-state index >= 15 is 0 Å². The maximum absolute atomic E-state index is 13.7. The first kappa shape index (κ1) is 31.5. The van der Waals surface area contributed by atoms with E-state index in [4.69, 9.17) is 4.74 Å². The first-order chi connectivity index (χ1) is 21.0. The number of aromatic nitrogens is 4. The second-order valence-electron chi connectivity index (χ2n) is 11.1. The Bertz CT molecular complexity index is 1730. The van der Waals surface area contributed by atoms with Crippen LogP contribution in [0.2, 0.25) is 0 Å². The Morgan fingerprint density at radius 2 is 1.89 bits per heavy atom. The molecule has 44 heavy (non-hydrogen) atoms. The van der Waals surface area contributed by atoms with Gasteiger partial charge in [0, 0.05) is 25.4 Å². The largest absolute Gasteiger partial charge is 0.481 e. The molecule has 1 aliphatic rings. The van der Waals surface area contributed by atoms with E-state index in [1.54, 1.807) is 42.1 Å². The van der Waals surface area contributed by atoms with Gasteiger partial charge >= 0.3 is 5.97 Å². The van der Waals surface area contributed by atoms with Crippen molar-refractivity contribution in [2.75, 3.05) is 19.0 Å². The number of methoxy groups -OCH3 is 1. The minimum atomic E-state index is -4.06. The summed E-state index contributed by atoms with van der Waals surface area (Å²) in [6.07, 6.45) is 4.64. The van der Waals surface area contributed by atoms with Gasteiger partial charge in [-0.15, -0.1) is 0 Å². The Morgan fingerprint density at radius 1 is 1.16 bits per heavy atom. The fourth-order valence-electron chi connectivity index (χ4n) is 5.55. The van der Waals surface area contributed by atoms with Crippen LogP contribution >= 0.6 is 11.3 Å². The smallest absolute Gasteiger partial charge is 0.304 e. The molecular weight excluding hydrogens is 605 g/mol. The number of hydrogen-bond acceptors (Lipinski definition) is 9. The maximum Gasteiger partial charge on any atom is 0.304 e. The van der Waals surface area contributed by atoms with E-state index in [-0.39, 0.29) is 30.3 Å². The highest BCUT2D eigenvalue weighted by Gasteiger charge is 2.30. The van der Waals surface area contributed by atoms with E-state index in [1.165, 1.54) is 30.6 Å². The molecule has 1 aromatic carbocycles. The number of sulfonamides is 1. The number of carboxylic acid groups (broad SMARTS) is 1. The van der Waals surface area contributed by atoms with Gasteiger partial charge in [-0.3, -0.25) is 14.3 Å². The van der Waals surface area contributed by atoms with Gasteiger partial charge in [0.15, 0.2) is 5.13 Å². The van der Waals surface area contributed by atoms with E-state index in [9.17, 15) is 23.1 Å². The number of aryl methyl sites for hydroxylation is 2. The van der Waals surface area contributed by atoms with Crippen molar-refractivity contribution in [1.29, 1.82) is 0 Å². The molecule has 1 amide bonds.